The van der Waals surface area contributed by atoms with E-state index in [0.29, 0.717) is 5.82 Å². The number of nitrogens with zero attached hydrogens (tertiary/aromatic N) is 1. The Morgan fingerprint density at radius 3 is 2.94 bits per heavy atom. The number of carbonyl (C=O) groups excluding carboxylic acids is 1. The molecule has 1 unspecified atom stereocenters. The fraction of sp³-hybridized carbons (Fsp3) is 0.455. The minimum absolute atomic E-state index is 0.134. The molecule has 5 heteroatoms. The number of pyridine rings is 1. The lowest BCUT2D eigenvalue weighted by atomic mass is 10.1. The zero-order chi connectivity index (χ0) is 12.0. The first-order chi connectivity index (χ1) is 7.61. The van der Waals surface area contributed by atoms with Gasteiger partial charge in [-0.15, -0.1) is 0 Å². The van der Waals surface area contributed by atoms with E-state index >= 15 is 0 Å². The van der Waals surface area contributed by atoms with Crippen LogP contribution in [-0.2, 0) is 4.79 Å². The first-order valence-electron chi connectivity index (χ1n) is 5.28. The first kappa shape index (κ1) is 12.6. The lowest BCUT2D eigenvalue weighted by molar-refractivity contribution is -0.116. The van der Waals surface area contributed by atoms with Crippen molar-refractivity contribution in [3.63, 3.8) is 0 Å². The molecule has 1 aromatic rings. The zero-order valence-electron chi connectivity index (χ0n) is 9.24. The summed E-state index contributed by atoms with van der Waals surface area (Å²) in [7, 11) is 0. The van der Waals surface area contributed by atoms with Crippen molar-refractivity contribution in [2.75, 3.05) is 5.32 Å². The molecule has 0 spiro atoms. The van der Waals surface area contributed by atoms with E-state index in [4.69, 9.17) is 5.73 Å². The molecule has 0 fully saturated rings. The Hall–Kier alpha value is -1.49. The molecule has 1 aromatic heterocycles. The van der Waals surface area contributed by atoms with Gasteiger partial charge in [-0.05, 0) is 18.6 Å². The average Bonchev–Trinajstić information content (AvgIpc) is 2.21. The topological polar surface area (TPSA) is 68.0 Å². The Morgan fingerprint density at radius 1 is 1.62 bits per heavy atom. The second kappa shape index (κ2) is 6.17. The Bertz CT molecular complexity index is 340. The molecule has 0 aromatic carbocycles. The van der Waals surface area contributed by atoms with Gasteiger partial charge in [0.2, 0.25) is 5.91 Å². The predicted octanol–water partition coefficient (Wildman–Crippen LogP) is 1.68. The van der Waals surface area contributed by atoms with Gasteiger partial charge in [-0.2, -0.15) is 0 Å². The van der Waals surface area contributed by atoms with Gasteiger partial charge >= 0.3 is 0 Å². The quantitative estimate of drug-likeness (QED) is 0.801. The van der Waals surface area contributed by atoms with Crippen LogP contribution in [0.3, 0.4) is 0 Å². The summed E-state index contributed by atoms with van der Waals surface area (Å²) in [6.45, 7) is 2.01. The van der Waals surface area contributed by atoms with Gasteiger partial charge in [0.25, 0.3) is 0 Å². The van der Waals surface area contributed by atoms with Crippen LogP contribution in [0, 0.1) is 5.82 Å². The molecule has 0 aliphatic rings. The largest absolute Gasteiger partial charge is 0.327 e. The molecule has 4 nitrogen and oxygen atoms in total. The summed E-state index contributed by atoms with van der Waals surface area (Å²) in [5.74, 6) is -0.282. The number of hydrogen-bond donors (Lipinski definition) is 2. The van der Waals surface area contributed by atoms with Crippen molar-refractivity contribution < 1.29 is 9.18 Å². The van der Waals surface area contributed by atoms with Crippen LogP contribution < -0.4 is 11.1 Å². The van der Waals surface area contributed by atoms with E-state index in [1.54, 1.807) is 0 Å². The summed E-state index contributed by atoms with van der Waals surface area (Å²) in [4.78, 5) is 15.2. The van der Waals surface area contributed by atoms with Crippen molar-refractivity contribution in [3.8, 4) is 0 Å². The van der Waals surface area contributed by atoms with Crippen LogP contribution in [-0.4, -0.2) is 16.9 Å². The maximum Gasteiger partial charge on any atom is 0.227 e. The van der Waals surface area contributed by atoms with E-state index in [-0.39, 0.29) is 18.4 Å². The number of halogens is 1. The van der Waals surface area contributed by atoms with Crippen LogP contribution >= 0.6 is 0 Å². The number of aromatic nitrogens is 1. The van der Waals surface area contributed by atoms with Gasteiger partial charge in [0, 0.05) is 12.5 Å². The maximum atomic E-state index is 12.5. The van der Waals surface area contributed by atoms with Crippen LogP contribution in [0.4, 0.5) is 10.2 Å². The van der Waals surface area contributed by atoms with E-state index in [9.17, 15) is 9.18 Å². The molecular weight excluding hydrogens is 209 g/mol. The van der Waals surface area contributed by atoms with Crippen molar-refractivity contribution in [1.82, 2.24) is 4.98 Å². The third-order valence-electron chi connectivity index (χ3n) is 2.10. The molecule has 0 bridgehead atoms. The lowest BCUT2D eigenvalue weighted by Crippen LogP contribution is -2.27. The molecule has 1 rings (SSSR count). The molecule has 16 heavy (non-hydrogen) atoms. The van der Waals surface area contributed by atoms with Crippen molar-refractivity contribution >= 4 is 11.7 Å². The number of rotatable bonds is 5. The van der Waals surface area contributed by atoms with Crippen LogP contribution in [0.2, 0.25) is 0 Å². The molecule has 1 atom stereocenters. The van der Waals surface area contributed by atoms with Crippen LogP contribution in [0.1, 0.15) is 26.2 Å². The van der Waals surface area contributed by atoms with Gasteiger partial charge < -0.3 is 11.1 Å². The molecule has 0 saturated heterocycles. The van der Waals surface area contributed by atoms with Gasteiger partial charge in [-0.25, -0.2) is 9.37 Å². The highest BCUT2D eigenvalue weighted by molar-refractivity contribution is 5.90. The lowest BCUT2D eigenvalue weighted by Gasteiger charge is -2.09. The normalized spacial score (nSPS) is 12.2. The average molecular weight is 225 g/mol. The highest BCUT2D eigenvalue weighted by Crippen LogP contribution is 2.05. The van der Waals surface area contributed by atoms with Crippen molar-refractivity contribution in [2.45, 2.75) is 32.2 Å². The fourth-order valence-corrected chi connectivity index (χ4v) is 1.35. The third-order valence-corrected chi connectivity index (χ3v) is 2.10. The summed E-state index contributed by atoms with van der Waals surface area (Å²) >= 11 is 0. The number of carbonyl (C=O) groups is 1. The van der Waals surface area contributed by atoms with E-state index in [0.717, 1.165) is 19.0 Å². The van der Waals surface area contributed by atoms with Gasteiger partial charge in [-0.3, -0.25) is 4.79 Å². The highest BCUT2D eigenvalue weighted by atomic mass is 19.1. The molecule has 0 saturated carbocycles. The molecular formula is C11H16FN3O. The van der Waals surface area contributed by atoms with Gasteiger partial charge in [-0.1, -0.05) is 13.3 Å². The van der Waals surface area contributed by atoms with E-state index in [2.05, 4.69) is 10.3 Å². The van der Waals surface area contributed by atoms with E-state index in [1.807, 2.05) is 6.92 Å². The smallest absolute Gasteiger partial charge is 0.227 e. The second-order valence-corrected chi connectivity index (χ2v) is 3.66. The van der Waals surface area contributed by atoms with Gasteiger partial charge in [0.05, 0.1) is 6.20 Å². The Labute approximate surface area is 94.1 Å². The summed E-state index contributed by atoms with van der Waals surface area (Å²) in [6, 6.07) is 2.53. The predicted molar refractivity (Wildman–Crippen MR) is 60.3 cm³/mol. The summed E-state index contributed by atoms with van der Waals surface area (Å²) in [5.41, 5.74) is 5.72. The van der Waals surface area contributed by atoms with Crippen molar-refractivity contribution in [3.05, 3.63) is 24.1 Å². The highest BCUT2D eigenvalue weighted by Gasteiger charge is 2.09. The summed E-state index contributed by atoms with van der Waals surface area (Å²) in [6.07, 6.45) is 3.07. The molecule has 0 radical (unpaired) electrons. The number of nitrogens with one attached hydrogen (secondary N) is 1. The minimum atomic E-state index is -0.430. The number of amides is 1. The van der Waals surface area contributed by atoms with Crippen LogP contribution in [0.25, 0.3) is 0 Å². The van der Waals surface area contributed by atoms with Crippen molar-refractivity contribution in [1.29, 1.82) is 0 Å². The summed E-state index contributed by atoms with van der Waals surface area (Å²) < 4.78 is 12.5. The van der Waals surface area contributed by atoms with Gasteiger partial charge in [0.1, 0.15) is 11.6 Å². The van der Waals surface area contributed by atoms with E-state index < -0.39 is 5.82 Å². The summed E-state index contributed by atoms with van der Waals surface area (Å²) in [5, 5.41) is 2.56. The Morgan fingerprint density at radius 2 is 2.38 bits per heavy atom. The molecule has 1 amide bonds. The molecule has 88 valence electrons. The third kappa shape index (κ3) is 4.35. The number of anilines is 1. The maximum absolute atomic E-state index is 12.5. The fourth-order valence-electron chi connectivity index (χ4n) is 1.35. The molecule has 0 aliphatic carbocycles. The molecule has 1 heterocycles. The zero-order valence-corrected chi connectivity index (χ0v) is 9.24. The SMILES string of the molecule is CCCC(N)CC(=O)Nc1ccc(F)cn1. The van der Waals surface area contributed by atoms with Crippen molar-refractivity contribution in [2.24, 2.45) is 5.73 Å². The monoisotopic (exact) mass is 225 g/mol. The standard InChI is InChI=1S/C11H16FN3O/c1-2-3-9(13)6-11(16)15-10-5-4-8(12)7-14-10/h4-5,7,9H,2-3,6,13H2,1H3,(H,14,15,16). The molecule has 0 aliphatic heterocycles. The van der Waals surface area contributed by atoms with Gasteiger partial charge in [0.15, 0.2) is 0 Å². The minimum Gasteiger partial charge on any atom is -0.327 e. The number of nitrogens with two attached hydrogens (primary N) is 1. The first-order valence-corrected chi connectivity index (χ1v) is 5.28. The van der Waals surface area contributed by atoms with E-state index in [1.165, 1.54) is 12.1 Å². The van der Waals surface area contributed by atoms with Crippen LogP contribution in [0.15, 0.2) is 18.3 Å². The Kier molecular flexibility index (Phi) is 4.85. The van der Waals surface area contributed by atoms with Crippen LogP contribution in [0.5, 0.6) is 0 Å². The Balaban J connectivity index is 2.42. The number of hydrogen-bond acceptors (Lipinski definition) is 3. The molecule has 3 N–H and O–H groups in total. The second-order valence-electron chi connectivity index (χ2n) is 3.66.